The van der Waals surface area contributed by atoms with Gasteiger partial charge < -0.3 is 5.32 Å². The lowest BCUT2D eigenvalue weighted by Gasteiger charge is -2.32. The normalized spacial score (nSPS) is 24.0. The number of nitriles is 1. The SMILES string of the molecule is N#Cc1cc(F)cc([C@@H]2CCON2C(=O)[C@H]2CC[C@H](Cc3cc(F)c4c(c3)C(=O)NC4)CC2)c1. The molecule has 1 atom stereocenters. The van der Waals surface area contributed by atoms with Gasteiger partial charge in [0.05, 0.1) is 24.3 Å². The zero-order valence-electron chi connectivity index (χ0n) is 18.7. The van der Waals surface area contributed by atoms with Crippen LogP contribution in [0.25, 0.3) is 0 Å². The van der Waals surface area contributed by atoms with Gasteiger partial charge in [0.2, 0.25) is 5.91 Å². The zero-order valence-corrected chi connectivity index (χ0v) is 18.7. The minimum absolute atomic E-state index is 0.107. The third-order valence-corrected chi connectivity index (χ3v) is 7.20. The molecule has 2 aromatic rings. The van der Waals surface area contributed by atoms with Crippen LogP contribution in [-0.4, -0.2) is 23.5 Å². The van der Waals surface area contributed by atoms with Crippen LogP contribution in [0.15, 0.2) is 30.3 Å². The molecule has 0 radical (unpaired) electrons. The Morgan fingerprint density at radius 2 is 1.91 bits per heavy atom. The summed E-state index contributed by atoms with van der Waals surface area (Å²) in [4.78, 5) is 30.8. The first kappa shape index (κ1) is 22.5. The van der Waals surface area contributed by atoms with Crippen LogP contribution < -0.4 is 5.32 Å². The first-order chi connectivity index (χ1) is 16.4. The van der Waals surface area contributed by atoms with Gasteiger partial charge in [0.15, 0.2) is 0 Å². The minimum Gasteiger partial charge on any atom is -0.348 e. The number of halogens is 2. The second-order valence-electron chi connectivity index (χ2n) is 9.39. The summed E-state index contributed by atoms with van der Waals surface area (Å²) in [7, 11) is 0. The molecule has 6 nitrogen and oxygen atoms in total. The van der Waals surface area contributed by atoms with Gasteiger partial charge in [0.25, 0.3) is 5.91 Å². The fourth-order valence-corrected chi connectivity index (χ4v) is 5.44. The van der Waals surface area contributed by atoms with Gasteiger partial charge in [-0.1, -0.05) is 0 Å². The van der Waals surface area contributed by atoms with Crippen molar-refractivity contribution in [2.24, 2.45) is 11.8 Å². The van der Waals surface area contributed by atoms with Crippen molar-refractivity contribution in [1.82, 2.24) is 10.4 Å². The molecule has 1 saturated heterocycles. The number of amides is 2. The smallest absolute Gasteiger partial charge is 0.252 e. The molecule has 1 saturated carbocycles. The molecule has 5 rings (SSSR count). The Morgan fingerprint density at radius 3 is 2.68 bits per heavy atom. The molecule has 1 N–H and O–H groups in total. The average molecular weight is 466 g/mol. The molecule has 0 spiro atoms. The predicted octanol–water partition coefficient (Wildman–Crippen LogP) is 4.33. The Balaban J connectivity index is 1.22. The first-order valence-electron chi connectivity index (χ1n) is 11.7. The monoisotopic (exact) mass is 465 g/mol. The second kappa shape index (κ2) is 9.15. The number of nitrogens with zero attached hydrogens (tertiary/aromatic N) is 2. The number of hydroxylamine groups is 2. The van der Waals surface area contributed by atoms with Crippen LogP contribution in [0.1, 0.15) is 70.8 Å². The zero-order chi connectivity index (χ0) is 23.8. The Hall–Kier alpha value is -3.31. The summed E-state index contributed by atoms with van der Waals surface area (Å²) in [6, 6.07) is 8.99. The van der Waals surface area contributed by atoms with Gasteiger partial charge in [-0.15, -0.1) is 0 Å². The van der Waals surface area contributed by atoms with Gasteiger partial charge in [-0.05, 0) is 79.5 Å². The number of rotatable bonds is 4. The van der Waals surface area contributed by atoms with E-state index in [0.29, 0.717) is 54.9 Å². The lowest BCUT2D eigenvalue weighted by Crippen LogP contribution is -2.36. The van der Waals surface area contributed by atoms with Gasteiger partial charge in [-0.3, -0.25) is 14.4 Å². The lowest BCUT2D eigenvalue weighted by molar-refractivity contribution is -0.183. The van der Waals surface area contributed by atoms with Crippen molar-refractivity contribution in [2.75, 3.05) is 6.61 Å². The third-order valence-electron chi connectivity index (χ3n) is 7.20. The number of fused-ring (bicyclic) bond motifs is 1. The Morgan fingerprint density at radius 1 is 1.12 bits per heavy atom. The molecule has 0 unspecified atom stereocenters. The quantitative estimate of drug-likeness (QED) is 0.729. The summed E-state index contributed by atoms with van der Waals surface area (Å²) in [6.07, 6.45) is 4.23. The van der Waals surface area contributed by atoms with Crippen molar-refractivity contribution in [1.29, 1.82) is 5.26 Å². The van der Waals surface area contributed by atoms with E-state index >= 15 is 0 Å². The summed E-state index contributed by atoms with van der Waals surface area (Å²) in [5, 5.41) is 13.2. The molecule has 2 heterocycles. The van der Waals surface area contributed by atoms with Crippen LogP contribution in [-0.2, 0) is 22.6 Å². The maximum Gasteiger partial charge on any atom is 0.252 e. The molecule has 34 heavy (non-hydrogen) atoms. The van der Waals surface area contributed by atoms with Crippen molar-refractivity contribution >= 4 is 11.8 Å². The Kier molecular flexibility index (Phi) is 6.05. The van der Waals surface area contributed by atoms with Crippen LogP contribution >= 0.6 is 0 Å². The fraction of sp³-hybridized carbons (Fsp3) is 0.423. The molecular formula is C26H25F2N3O3. The number of hydrogen-bond donors (Lipinski definition) is 1. The highest BCUT2D eigenvalue weighted by molar-refractivity contribution is 5.98. The molecule has 2 amide bonds. The van der Waals surface area contributed by atoms with E-state index in [-0.39, 0.29) is 35.7 Å². The number of carbonyl (C=O) groups excluding carboxylic acids is 2. The van der Waals surface area contributed by atoms with Crippen molar-refractivity contribution in [2.45, 2.75) is 51.1 Å². The Bertz CT molecular complexity index is 1180. The van der Waals surface area contributed by atoms with E-state index in [1.807, 2.05) is 6.07 Å². The van der Waals surface area contributed by atoms with E-state index in [1.54, 1.807) is 12.1 Å². The molecule has 2 aliphatic heterocycles. The summed E-state index contributed by atoms with van der Waals surface area (Å²) >= 11 is 0. The second-order valence-corrected chi connectivity index (χ2v) is 9.39. The molecule has 8 heteroatoms. The maximum absolute atomic E-state index is 14.4. The summed E-state index contributed by atoms with van der Waals surface area (Å²) in [5.74, 6) is -1.07. The topological polar surface area (TPSA) is 82.4 Å². The molecule has 3 aliphatic rings. The number of nitrogens with one attached hydrogen (secondary N) is 1. The van der Waals surface area contributed by atoms with Crippen molar-refractivity contribution in [3.05, 3.63) is 69.8 Å². The molecule has 0 aromatic heterocycles. The maximum atomic E-state index is 14.4. The van der Waals surface area contributed by atoms with Crippen LogP contribution in [0.2, 0.25) is 0 Å². The number of carbonyl (C=O) groups is 2. The number of benzene rings is 2. The average Bonchev–Trinajstić information content (AvgIpc) is 3.46. The molecule has 2 aromatic carbocycles. The third kappa shape index (κ3) is 4.28. The van der Waals surface area contributed by atoms with Crippen LogP contribution in [0, 0.1) is 34.8 Å². The Labute approximate surface area is 196 Å². The van der Waals surface area contributed by atoms with E-state index in [4.69, 9.17) is 10.1 Å². The minimum atomic E-state index is -0.505. The van der Waals surface area contributed by atoms with E-state index in [9.17, 15) is 18.4 Å². The van der Waals surface area contributed by atoms with E-state index in [1.165, 1.54) is 23.3 Å². The van der Waals surface area contributed by atoms with Gasteiger partial charge in [0.1, 0.15) is 11.6 Å². The van der Waals surface area contributed by atoms with Gasteiger partial charge in [0, 0.05) is 30.0 Å². The summed E-state index contributed by atoms with van der Waals surface area (Å²) < 4.78 is 28.3. The molecule has 1 aliphatic carbocycles. The lowest BCUT2D eigenvalue weighted by atomic mass is 9.78. The first-order valence-corrected chi connectivity index (χ1v) is 11.7. The fourth-order valence-electron chi connectivity index (χ4n) is 5.44. The molecule has 0 bridgehead atoms. The number of hydrogen-bond acceptors (Lipinski definition) is 4. The summed E-state index contributed by atoms with van der Waals surface area (Å²) in [5.41, 5.74) is 2.45. The van der Waals surface area contributed by atoms with Crippen LogP contribution in [0.4, 0.5) is 8.78 Å². The van der Waals surface area contributed by atoms with Crippen molar-refractivity contribution in [3.8, 4) is 6.07 Å². The van der Waals surface area contributed by atoms with E-state index < -0.39 is 11.9 Å². The summed E-state index contributed by atoms with van der Waals surface area (Å²) in [6.45, 7) is 0.599. The molecule has 2 fully saturated rings. The molecule has 176 valence electrons. The highest BCUT2D eigenvalue weighted by Crippen LogP contribution is 2.37. The van der Waals surface area contributed by atoms with Crippen LogP contribution in [0.3, 0.4) is 0 Å². The van der Waals surface area contributed by atoms with Crippen molar-refractivity contribution in [3.63, 3.8) is 0 Å². The van der Waals surface area contributed by atoms with E-state index in [2.05, 4.69) is 5.32 Å². The van der Waals surface area contributed by atoms with Gasteiger partial charge >= 0.3 is 0 Å². The highest BCUT2D eigenvalue weighted by atomic mass is 19.1. The standard InChI is InChI=1S/C26H25F2N3O3/c27-20-9-17(13-29)8-19(12-20)24-5-6-34-31(24)26(33)18-3-1-15(2-4-18)7-16-10-21-22(23(28)11-16)14-30-25(21)32/h8-12,15,18,24H,1-7,14H2,(H,30,32)/t15-,18-,24-/m0/s1. The molecular weight excluding hydrogens is 440 g/mol. The predicted molar refractivity (Wildman–Crippen MR) is 118 cm³/mol. The van der Waals surface area contributed by atoms with Gasteiger partial charge in [-0.2, -0.15) is 5.26 Å². The van der Waals surface area contributed by atoms with Crippen LogP contribution in [0.5, 0.6) is 0 Å². The van der Waals surface area contributed by atoms with E-state index in [0.717, 1.165) is 18.4 Å². The van der Waals surface area contributed by atoms with Crippen molar-refractivity contribution < 1.29 is 23.2 Å². The highest BCUT2D eigenvalue weighted by Gasteiger charge is 2.37. The van der Waals surface area contributed by atoms with Gasteiger partial charge in [-0.25, -0.2) is 13.8 Å². The largest absolute Gasteiger partial charge is 0.348 e.